The molecule has 0 radical (unpaired) electrons. The normalized spacial score (nSPS) is 11.0. The smallest absolute Gasteiger partial charge is 0.255 e. The summed E-state index contributed by atoms with van der Waals surface area (Å²) >= 11 is 3.50. The molecule has 0 saturated carbocycles. The summed E-state index contributed by atoms with van der Waals surface area (Å²) in [5.74, 6) is 0.153. The van der Waals surface area contributed by atoms with E-state index in [0.717, 1.165) is 29.6 Å². The van der Waals surface area contributed by atoms with E-state index in [1.165, 1.54) is 51.4 Å². The highest BCUT2D eigenvalue weighted by Gasteiger charge is 2.08. The van der Waals surface area contributed by atoms with Crippen molar-refractivity contribution in [3.63, 3.8) is 0 Å². The third-order valence-corrected chi connectivity index (χ3v) is 5.85. The summed E-state index contributed by atoms with van der Waals surface area (Å²) in [6.45, 7) is 3.73. The third-order valence-electron chi connectivity index (χ3n) is 5.07. The molecular formula is C22H34BrN5O. The maximum Gasteiger partial charge on any atom is 0.255 e. The van der Waals surface area contributed by atoms with Crippen LogP contribution in [0.5, 0.6) is 0 Å². The van der Waals surface area contributed by atoms with Crippen molar-refractivity contribution in [2.45, 2.75) is 77.7 Å². The van der Waals surface area contributed by atoms with E-state index in [0.29, 0.717) is 12.1 Å². The van der Waals surface area contributed by atoms with Gasteiger partial charge in [-0.2, -0.15) is 5.10 Å². The highest BCUT2D eigenvalue weighted by Crippen LogP contribution is 2.15. The standard InChI is InChI=1S/C22H34BrN5O/c1-18-20(23)17-28(27-18)16-11-9-7-5-3-2-4-6-8-10-14-26-22(29)19-13-12-15-25-21(19)24/h12-13,15,17H,2-11,14,16H2,1H3,(H2,24,25)(H,26,29). The van der Waals surface area contributed by atoms with Crippen molar-refractivity contribution in [2.24, 2.45) is 0 Å². The number of carbonyl (C=O) groups excluding carboxylic acids is 1. The van der Waals surface area contributed by atoms with Crippen LogP contribution in [0.25, 0.3) is 0 Å². The molecule has 0 aliphatic heterocycles. The van der Waals surface area contributed by atoms with Gasteiger partial charge in [0.15, 0.2) is 0 Å². The predicted octanol–water partition coefficient (Wildman–Crippen LogP) is 5.26. The lowest BCUT2D eigenvalue weighted by Gasteiger charge is -2.07. The highest BCUT2D eigenvalue weighted by molar-refractivity contribution is 9.10. The molecule has 29 heavy (non-hydrogen) atoms. The number of rotatable bonds is 14. The number of pyridine rings is 1. The average molecular weight is 464 g/mol. The second kappa shape index (κ2) is 13.4. The van der Waals surface area contributed by atoms with Crippen LogP contribution in [0.3, 0.4) is 0 Å². The lowest BCUT2D eigenvalue weighted by Crippen LogP contribution is -2.25. The highest BCUT2D eigenvalue weighted by atomic mass is 79.9. The average Bonchev–Trinajstić information content (AvgIpc) is 3.03. The molecule has 2 heterocycles. The molecule has 7 heteroatoms. The number of nitrogens with two attached hydrogens (primary N) is 1. The minimum absolute atomic E-state index is 0.133. The lowest BCUT2D eigenvalue weighted by molar-refractivity contribution is 0.0953. The Hall–Kier alpha value is -1.89. The van der Waals surface area contributed by atoms with E-state index in [2.05, 4.69) is 37.5 Å². The maximum absolute atomic E-state index is 12.0. The number of amides is 1. The van der Waals surface area contributed by atoms with E-state index in [9.17, 15) is 4.79 Å². The second-order valence-corrected chi connectivity index (χ2v) is 8.41. The zero-order valence-corrected chi connectivity index (χ0v) is 19.1. The van der Waals surface area contributed by atoms with E-state index in [-0.39, 0.29) is 11.7 Å². The van der Waals surface area contributed by atoms with Crippen molar-refractivity contribution in [1.29, 1.82) is 0 Å². The summed E-state index contributed by atoms with van der Waals surface area (Å²) in [6, 6.07) is 3.43. The summed E-state index contributed by atoms with van der Waals surface area (Å²) in [7, 11) is 0. The number of carbonyl (C=O) groups is 1. The molecule has 0 aliphatic carbocycles. The van der Waals surface area contributed by atoms with Gasteiger partial charge in [0, 0.05) is 25.5 Å². The number of aromatic nitrogens is 3. The minimum Gasteiger partial charge on any atom is -0.383 e. The first-order valence-electron chi connectivity index (χ1n) is 10.8. The van der Waals surface area contributed by atoms with E-state index < -0.39 is 0 Å². The number of unbranched alkanes of at least 4 members (excludes halogenated alkanes) is 9. The van der Waals surface area contributed by atoms with Crippen molar-refractivity contribution in [2.75, 3.05) is 12.3 Å². The summed E-state index contributed by atoms with van der Waals surface area (Å²) in [5, 5.41) is 7.39. The summed E-state index contributed by atoms with van der Waals surface area (Å²) in [5.41, 5.74) is 7.23. The maximum atomic E-state index is 12.0. The molecule has 2 aromatic heterocycles. The van der Waals surface area contributed by atoms with Crippen LogP contribution >= 0.6 is 15.9 Å². The first kappa shape index (κ1) is 23.4. The first-order chi connectivity index (χ1) is 14.1. The van der Waals surface area contributed by atoms with Gasteiger partial charge in [0.25, 0.3) is 5.91 Å². The van der Waals surface area contributed by atoms with Gasteiger partial charge in [0.1, 0.15) is 5.82 Å². The van der Waals surface area contributed by atoms with Crippen LogP contribution in [0.1, 0.15) is 80.3 Å². The molecule has 3 N–H and O–H groups in total. The molecule has 1 amide bonds. The number of nitrogen functional groups attached to an aromatic ring is 1. The Kier molecular flexibility index (Phi) is 10.8. The van der Waals surface area contributed by atoms with Crippen molar-refractivity contribution >= 4 is 27.7 Å². The number of aryl methyl sites for hydroxylation is 2. The van der Waals surface area contributed by atoms with Gasteiger partial charge < -0.3 is 11.1 Å². The van der Waals surface area contributed by atoms with Crippen molar-refractivity contribution in [3.8, 4) is 0 Å². The monoisotopic (exact) mass is 463 g/mol. The Bertz CT molecular complexity index is 727. The Morgan fingerprint density at radius 2 is 1.69 bits per heavy atom. The Labute approximate surface area is 182 Å². The molecule has 2 rings (SSSR count). The van der Waals surface area contributed by atoms with Gasteiger partial charge in [-0.15, -0.1) is 0 Å². The Morgan fingerprint density at radius 3 is 2.28 bits per heavy atom. The first-order valence-corrected chi connectivity index (χ1v) is 11.6. The van der Waals surface area contributed by atoms with Gasteiger partial charge in [-0.1, -0.05) is 51.4 Å². The molecule has 2 aromatic rings. The second-order valence-electron chi connectivity index (χ2n) is 7.55. The third kappa shape index (κ3) is 8.98. The SMILES string of the molecule is Cc1nn(CCCCCCCCCCCCNC(=O)c2cccnc2N)cc1Br. The molecule has 6 nitrogen and oxygen atoms in total. The zero-order valence-electron chi connectivity index (χ0n) is 17.5. The van der Waals surface area contributed by atoms with Crippen LogP contribution < -0.4 is 11.1 Å². The van der Waals surface area contributed by atoms with Crippen LogP contribution in [0, 0.1) is 6.92 Å². The fraction of sp³-hybridized carbons (Fsp3) is 0.591. The molecule has 0 spiro atoms. The van der Waals surface area contributed by atoms with Gasteiger partial charge in [0.05, 0.1) is 15.7 Å². The number of anilines is 1. The van der Waals surface area contributed by atoms with E-state index in [4.69, 9.17) is 5.73 Å². The topological polar surface area (TPSA) is 85.8 Å². The van der Waals surface area contributed by atoms with Gasteiger partial charge >= 0.3 is 0 Å². The number of hydrogen-bond acceptors (Lipinski definition) is 4. The molecule has 160 valence electrons. The van der Waals surface area contributed by atoms with E-state index in [1.54, 1.807) is 18.3 Å². The number of halogens is 1. The van der Waals surface area contributed by atoms with E-state index in [1.807, 2.05) is 11.6 Å². The largest absolute Gasteiger partial charge is 0.383 e. The van der Waals surface area contributed by atoms with Crippen LogP contribution in [-0.2, 0) is 6.54 Å². The van der Waals surface area contributed by atoms with Gasteiger partial charge in [-0.25, -0.2) is 4.98 Å². The molecule has 0 aromatic carbocycles. The Balaban J connectivity index is 1.36. The molecule has 0 saturated heterocycles. The fourth-order valence-corrected chi connectivity index (χ4v) is 3.64. The zero-order chi connectivity index (χ0) is 20.9. The minimum atomic E-state index is -0.133. The molecule has 0 unspecified atom stereocenters. The number of nitrogens with one attached hydrogen (secondary N) is 1. The quantitative estimate of drug-likeness (QED) is 0.374. The lowest BCUT2D eigenvalue weighted by atomic mass is 10.1. The van der Waals surface area contributed by atoms with Gasteiger partial charge in [-0.05, 0) is 47.8 Å². The summed E-state index contributed by atoms with van der Waals surface area (Å²) < 4.78 is 3.13. The molecule has 0 fully saturated rings. The Morgan fingerprint density at radius 1 is 1.07 bits per heavy atom. The van der Waals surface area contributed by atoms with E-state index >= 15 is 0 Å². The number of hydrogen-bond donors (Lipinski definition) is 2. The van der Waals surface area contributed by atoms with Crippen molar-refractivity contribution in [3.05, 3.63) is 40.3 Å². The summed E-state index contributed by atoms with van der Waals surface area (Å²) in [6.07, 6.45) is 16.1. The fourth-order valence-electron chi connectivity index (χ4n) is 3.33. The van der Waals surface area contributed by atoms with Crippen molar-refractivity contribution < 1.29 is 4.79 Å². The molecular weight excluding hydrogens is 430 g/mol. The van der Waals surface area contributed by atoms with Crippen LogP contribution in [-0.4, -0.2) is 27.2 Å². The van der Waals surface area contributed by atoms with Gasteiger partial charge in [0.2, 0.25) is 0 Å². The van der Waals surface area contributed by atoms with Crippen LogP contribution in [0.15, 0.2) is 29.0 Å². The summed E-state index contributed by atoms with van der Waals surface area (Å²) in [4.78, 5) is 15.9. The molecule has 0 bridgehead atoms. The molecule has 0 aliphatic rings. The van der Waals surface area contributed by atoms with Crippen molar-refractivity contribution in [1.82, 2.24) is 20.1 Å². The molecule has 0 atom stereocenters. The number of nitrogens with zero attached hydrogens (tertiary/aromatic N) is 3. The van der Waals surface area contributed by atoms with Crippen LogP contribution in [0.4, 0.5) is 5.82 Å². The predicted molar refractivity (Wildman–Crippen MR) is 122 cm³/mol. The van der Waals surface area contributed by atoms with Gasteiger partial charge in [-0.3, -0.25) is 9.48 Å². The van der Waals surface area contributed by atoms with Crippen LogP contribution in [0.2, 0.25) is 0 Å².